The molecule has 3 rings (SSSR count). The standard InChI is InChI=1S/C20H19F2N5O2/c1-2-16-18(25-26-27(16)11-12-7-9-13(21)10-8-12)20(29)24-17(19(23)28)14-5-3-4-6-15(14)22/h3-10,17H,2,11H2,1H3,(H2,23,28)(H,24,29). The Morgan fingerprint density at radius 3 is 2.45 bits per heavy atom. The highest BCUT2D eigenvalue weighted by Crippen LogP contribution is 2.18. The summed E-state index contributed by atoms with van der Waals surface area (Å²) in [4.78, 5) is 24.5. The van der Waals surface area contributed by atoms with Gasteiger partial charge in [-0.05, 0) is 30.2 Å². The number of nitrogens with two attached hydrogens (primary N) is 1. The molecule has 0 aliphatic rings. The molecule has 1 heterocycles. The van der Waals surface area contributed by atoms with Gasteiger partial charge in [0.25, 0.3) is 5.91 Å². The van der Waals surface area contributed by atoms with Gasteiger partial charge in [0.2, 0.25) is 5.91 Å². The first-order valence-electron chi connectivity index (χ1n) is 8.92. The molecule has 0 fully saturated rings. The van der Waals surface area contributed by atoms with Gasteiger partial charge in [-0.25, -0.2) is 13.5 Å². The van der Waals surface area contributed by atoms with Crippen LogP contribution in [0.1, 0.15) is 40.3 Å². The van der Waals surface area contributed by atoms with E-state index in [-0.39, 0.29) is 23.6 Å². The van der Waals surface area contributed by atoms with Crippen molar-refractivity contribution in [3.05, 3.63) is 82.7 Å². The van der Waals surface area contributed by atoms with Crippen LogP contribution in [0.3, 0.4) is 0 Å². The van der Waals surface area contributed by atoms with E-state index in [0.29, 0.717) is 12.1 Å². The van der Waals surface area contributed by atoms with Gasteiger partial charge in [0.15, 0.2) is 5.69 Å². The fourth-order valence-corrected chi connectivity index (χ4v) is 2.96. The van der Waals surface area contributed by atoms with Gasteiger partial charge in [-0.15, -0.1) is 5.10 Å². The van der Waals surface area contributed by atoms with E-state index in [9.17, 15) is 18.4 Å². The van der Waals surface area contributed by atoms with Crippen LogP contribution in [0.5, 0.6) is 0 Å². The summed E-state index contributed by atoms with van der Waals surface area (Å²) in [6.45, 7) is 2.11. The second-order valence-electron chi connectivity index (χ2n) is 6.35. The quantitative estimate of drug-likeness (QED) is 0.635. The molecule has 1 atom stereocenters. The van der Waals surface area contributed by atoms with Crippen LogP contribution in [0.15, 0.2) is 48.5 Å². The van der Waals surface area contributed by atoms with Crippen LogP contribution in [-0.4, -0.2) is 26.8 Å². The van der Waals surface area contributed by atoms with Gasteiger partial charge >= 0.3 is 0 Å². The number of hydrogen-bond donors (Lipinski definition) is 2. The number of rotatable bonds is 7. The van der Waals surface area contributed by atoms with Gasteiger partial charge in [-0.2, -0.15) is 0 Å². The zero-order chi connectivity index (χ0) is 21.0. The predicted molar refractivity (Wildman–Crippen MR) is 101 cm³/mol. The number of hydrogen-bond acceptors (Lipinski definition) is 4. The number of nitrogens with one attached hydrogen (secondary N) is 1. The molecular formula is C20H19F2N5O2. The van der Waals surface area contributed by atoms with Crippen LogP contribution in [0, 0.1) is 11.6 Å². The van der Waals surface area contributed by atoms with Crippen molar-refractivity contribution in [2.75, 3.05) is 0 Å². The first kappa shape index (κ1) is 20.1. The molecule has 0 aliphatic carbocycles. The van der Waals surface area contributed by atoms with E-state index < -0.39 is 23.7 Å². The van der Waals surface area contributed by atoms with Gasteiger partial charge < -0.3 is 11.1 Å². The smallest absolute Gasteiger partial charge is 0.274 e. The molecule has 2 amide bonds. The first-order valence-corrected chi connectivity index (χ1v) is 8.92. The van der Waals surface area contributed by atoms with Crippen molar-refractivity contribution in [1.82, 2.24) is 20.3 Å². The van der Waals surface area contributed by atoms with Crippen molar-refractivity contribution in [2.45, 2.75) is 25.9 Å². The third-order valence-corrected chi connectivity index (χ3v) is 4.41. The fourth-order valence-electron chi connectivity index (χ4n) is 2.96. The van der Waals surface area contributed by atoms with Crippen molar-refractivity contribution in [3.8, 4) is 0 Å². The third kappa shape index (κ3) is 4.45. The Labute approximate surface area is 165 Å². The zero-order valence-corrected chi connectivity index (χ0v) is 15.6. The van der Waals surface area contributed by atoms with Gasteiger partial charge in [-0.1, -0.05) is 42.5 Å². The Morgan fingerprint density at radius 1 is 1.14 bits per heavy atom. The molecule has 3 aromatic rings. The summed E-state index contributed by atoms with van der Waals surface area (Å²) >= 11 is 0. The molecule has 0 aliphatic heterocycles. The molecule has 0 radical (unpaired) electrons. The second-order valence-corrected chi connectivity index (χ2v) is 6.35. The number of carbonyl (C=O) groups is 2. The number of amides is 2. The Morgan fingerprint density at radius 2 is 1.83 bits per heavy atom. The number of primary amides is 1. The predicted octanol–water partition coefficient (Wildman–Crippen LogP) is 2.12. The molecular weight excluding hydrogens is 380 g/mol. The number of nitrogens with zero attached hydrogens (tertiary/aromatic N) is 3. The fraction of sp³-hybridized carbons (Fsp3) is 0.200. The van der Waals surface area contributed by atoms with Crippen LogP contribution >= 0.6 is 0 Å². The Kier molecular flexibility index (Phi) is 5.96. The maximum Gasteiger partial charge on any atom is 0.274 e. The molecule has 2 aromatic carbocycles. The van der Waals surface area contributed by atoms with Crippen molar-refractivity contribution < 1.29 is 18.4 Å². The monoisotopic (exact) mass is 399 g/mol. The molecule has 0 spiro atoms. The minimum Gasteiger partial charge on any atom is -0.368 e. The molecule has 0 saturated heterocycles. The maximum atomic E-state index is 14.1. The first-order chi connectivity index (χ1) is 13.9. The minimum absolute atomic E-state index is 0.0113. The highest BCUT2D eigenvalue weighted by molar-refractivity contribution is 5.96. The lowest BCUT2D eigenvalue weighted by atomic mass is 10.1. The summed E-state index contributed by atoms with van der Waals surface area (Å²) in [6, 6.07) is 10.1. The largest absolute Gasteiger partial charge is 0.368 e. The molecule has 1 unspecified atom stereocenters. The highest BCUT2D eigenvalue weighted by atomic mass is 19.1. The van der Waals surface area contributed by atoms with Gasteiger partial charge in [-0.3, -0.25) is 9.59 Å². The number of carbonyl (C=O) groups excluding carboxylic acids is 2. The van der Waals surface area contributed by atoms with E-state index in [1.54, 1.807) is 12.1 Å². The number of benzene rings is 2. The van der Waals surface area contributed by atoms with E-state index in [1.165, 1.54) is 41.1 Å². The summed E-state index contributed by atoms with van der Waals surface area (Å²) in [6.07, 6.45) is 0.428. The Bertz CT molecular complexity index is 1030. The summed E-state index contributed by atoms with van der Waals surface area (Å²) in [5.41, 5.74) is 6.63. The highest BCUT2D eigenvalue weighted by Gasteiger charge is 2.27. The van der Waals surface area contributed by atoms with Gasteiger partial charge in [0, 0.05) is 5.56 Å². The van der Waals surface area contributed by atoms with Crippen LogP contribution in [0.4, 0.5) is 8.78 Å². The molecule has 29 heavy (non-hydrogen) atoms. The lowest BCUT2D eigenvalue weighted by Gasteiger charge is -2.16. The van der Waals surface area contributed by atoms with E-state index in [1.807, 2.05) is 6.92 Å². The second kappa shape index (κ2) is 8.59. The van der Waals surface area contributed by atoms with Crippen LogP contribution in [0.25, 0.3) is 0 Å². The van der Waals surface area contributed by atoms with Gasteiger partial charge in [0.05, 0.1) is 12.2 Å². The van der Waals surface area contributed by atoms with Crippen LogP contribution < -0.4 is 11.1 Å². The average Bonchev–Trinajstić information content (AvgIpc) is 3.11. The molecule has 9 heteroatoms. The summed E-state index contributed by atoms with van der Waals surface area (Å²) in [7, 11) is 0. The van der Waals surface area contributed by atoms with Gasteiger partial charge in [0.1, 0.15) is 17.7 Å². The molecule has 3 N–H and O–H groups in total. The van der Waals surface area contributed by atoms with Crippen LogP contribution in [0.2, 0.25) is 0 Å². The SMILES string of the molecule is CCc1c(C(=O)NC(C(N)=O)c2ccccc2F)nnn1Cc1ccc(F)cc1. The van der Waals surface area contributed by atoms with Crippen molar-refractivity contribution in [1.29, 1.82) is 0 Å². The third-order valence-electron chi connectivity index (χ3n) is 4.41. The molecule has 150 valence electrons. The maximum absolute atomic E-state index is 14.1. The van der Waals surface area contributed by atoms with E-state index >= 15 is 0 Å². The van der Waals surface area contributed by atoms with E-state index in [0.717, 1.165) is 5.56 Å². The Balaban J connectivity index is 1.85. The number of halogens is 2. The summed E-state index contributed by atoms with van der Waals surface area (Å²) in [5.74, 6) is -2.61. The normalized spacial score (nSPS) is 11.8. The average molecular weight is 399 g/mol. The topological polar surface area (TPSA) is 103 Å². The Hall–Kier alpha value is -3.62. The minimum atomic E-state index is -1.35. The van der Waals surface area contributed by atoms with Crippen molar-refractivity contribution in [2.24, 2.45) is 5.73 Å². The van der Waals surface area contributed by atoms with Crippen LogP contribution in [-0.2, 0) is 17.8 Å². The summed E-state index contributed by atoms with van der Waals surface area (Å²) in [5, 5.41) is 10.3. The zero-order valence-electron chi connectivity index (χ0n) is 15.6. The van der Waals surface area contributed by atoms with E-state index in [4.69, 9.17) is 5.73 Å². The molecule has 1 aromatic heterocycles. The number of aromatic nitrogens is 3. The summed E-state index contributed by atoms with van der Waals surface area (Å²) < 4.78 is 28.7. The lowest BCUT2D eigenvalue weighted by Crippen LogP contribution is -2.38. The molecule has 7 nitrogen and oxygen atoms in total. The lowest BCUT2D eigenvalue weighted by molar-refractivity contribution is -0.120. The van der Waals surface area contributed by atoms with Crippen molar-refractivity contribution in [3.63, 3.8) is 0 Å². The van der Waals surface area contributed by atoms with Crippen molar-refractivity contribution >= 4 is 11.8 Å². The molecule has 0 saturated carbocycles. The van der Waals surface area contributed by atoms with E-state index in [2.05, 4.69) is 15.6 Å². The molecule has 0 bridgehead atoms.